The van der Waals surface area contributed by atoms with Crippen LogP contribution in [-0.2, 0) is 25.8 Å². The molecule has 1 aliphatic rings. The van der Waals surface area contributed by atoms with E-state index in [1.807, 2.05) is 0 Å². The molecule has 2 atom stereocenters. The van der Waals surface area contributed by atoms with E-state index in [0.29, 0.717) is 36.0 Å². The first-order chi connectivity index (χ1) is 21.3. The van der Waals surface area contributed by atoms with E-state index in [-0.39, 0.29) is 28.4 Å². The summed E-state index contributed by atoms with van der Waals surface area (Å²) in [7, 11) is -2.64. The van der Waals surface area contributed by atoms with Crippen LogP contribution in [0.4, 0.5) is 25.0 Å². The van der Waals surface area contributed by atoms with Gasteiger partial charge in [0.1, 0.15) is 17.7 Å². The number of benzene rings is 3. The molecule has 1 unspecified atom stereocenters. The van der Waals surface area contributed by atoms with Gasteiger partial charge in [-0.3, -0.25) is 14.9 Å². The summed E-state index contributed by atoms with van der Waals surface area (Å²) in [5.41, 5.74) is 6.49. The SMILES string of the molecule is CCc1cc([C@@H](Nc2cc(C(N)=O)ccc2F)C(=O)N2CCCC2c2cc(NC(=O)OC)ccc2S(=O)(=O)C(C)C)ccc1F. The molecule has 0 spiro atoms. The van der Waals surface area contributed by atoms with E-state index in [2.05, 4.69) is 15.4 Å². The number of anilines is 2. The molecule has 4 rings (SSSR count). The summed E-state index contributed by atoms with van der Waals surface area (Å²) >= 11 is 0. The summed E-state index contributed by atoms with van der Waals surface area (Å²) in [6, 6.07) is 9.97. The van der Waals surface area contributed by atoms with E-state index in [1.165, 1.54) is 60.5 Å². The van der Waals surface area contributed by atoms with E-state index in [4.69, 9.17) is 5.73 Å². The van der Waals surface area contributed by atoms with Crippen molar-refractivity contribution in [2.75, 3.05) is 24.3 Å². The molecule has 1 heterocycles. The van der Waals surface area contributed by atoms with Crippen molar-refractivity contribution >= 4 is 39.1 Å². The monoisotopic (exact) mass is 642 g/mol. The summed E-state index contributed by atoms with van der Waals surface area (Å²) in [5, 5.41) is 4.66. The van der Waals surface area contributed by atoms with Gasteiger partial charge in [0.2, 0.25) is 11.8 Å². The predicted octanol–water partition coefficient (Wildman–Crippen LogP) is 5.50. The first-order valence-corrected chi connectivity index (χ1v) is 16.0. The molecular formula is C32H36F2N4O6S. The van der Waals surface area contributed by atoms with Crippen LogP contribution in [0.2, 0.25) is 0 Å². The van der Waals surface area contributed by atoms with Crippen LogP contribution in [0.25, 0.3) is 0 Å². The molecule has 0 aromatic heterocycles. The lowest BCUT2D eigenvalue weighted by Gasteiger charge is -2.32. The Morgan fingerprint density at radius 1 is 1.04 bits per heavy atom. The summed E-state index contributed by atoms with van der Waals surface area (Å²) in [5.74, 6) is -2.54. The van der Waals surface area contributed by atoms with E-state index < -0.39 is 56.7 Å². The fraction of sp³-hybridized carbons (Fsp3) is 0.344. The molecule has 13 heteroatoms. The fourth-order valence-electron chi connectivity index (χ4n) is 5.37. The van der Waals surface area contributed by atoms with Gasteiger partial charge in [0, 0.05) is 17.8 Å². The highest BCUT2D eigenvalue weighted by Crippen LogP contribution is 2.40. The van der Waals surface area contributed by atoms with Gasteiger partial charge < -0.3 is 20.7 Å². The van der Waals surface area contributed by atoms with Gasteiger partial charge in [-0.1, -0.05) is 19.1 Å². The van der Waals surface area contributed by atoms with Gasteiger partial charge in [-0.05, 0) is 92.3 Å². The number of nitrogens with one attached hydrogen (secondary N) is 2. The van der Waals surface area contributed by atoms with Gasteiger partial charge in [0.25, 0.3) is 0 Å². The first-order valence-electron chi connectivity index (χ1n) is 14.5. The first kappa shape index (κ1) is 33.4. The maximum Gasteiger partial charge on any atom is 0.411 e. The van der Waals surface area contributed by atoms with Crippen molar-refractivity contribution in [1.82, 2.24) is 4.90 Å². The Hall–Kier alpha value is -4.52. The Morgan fingerprint density at radius 2 is 1.76 bits per heavy atom. The average molecular weight is 643 g/mol. The Balaban J connectivity index is 1.84. The topological polar surface area (TPSA) is 148 Å². The molecule has 1 saturated heterocycles. The highest BCUT2D eigenvalue weighted by atomic mass is 32.2. The van der Waals surface area contributed by atoms with Gasteiger partial charge >= 0.3 is 6.09 Å². The van der Waals surface area contributed by atoms with Crippen LogP contribution in [0.5, 0.6) is 0 Å². The van der Waals surface area contributed by atoms with Crippen LogP contribution in [0.15, 0.2) is 59.5 Å². The zero-order chi connectivity index (χ0) is 33.1. The highest BCUT2D eigenvalue weighted by molar-refractivity contribution is 7.92. The van der Waals surface area contributed by atoms with Crippen molar-refractivity contribution in [2.24, 2.45) is 5.73 Å². The third kappa shape index (κ3) is 7.08. The lowest BCUT2D eigenvalue weighted by Crippen LogP contribution is -2.38. The molecule has 0 radical (unpaired) electrons. The van der Waals surface area contributed by atoms with Crippen molar-refractivity contribution in [3.63, 3.8) is 0 Å². The second-order valence-corrected chi connectivity index (χ2v) is 13.5. The van der Waals surface area contributed by atoms with Crippen LogP contribution in [0.1, 0.15) is 72.7 Å². The number of ether oxygens (including phenoxy) is 1. The lowest BCUT2D eigenvalue weighted by atomic mass is 9.98. The number of primary amides is 1. The number of sulfone groups is 1. The molecule has 1 aliphatic heterocycles. The number of nitrogens with zero attached hydrogens (tertiary/aromatic N) is 1. The number of amides is 3. The third-order valence-electron chi connectivity index (χ3n) is 7.85. The minimum absolute atomic E-state index is 0.0101. The summed E-state index contributed by atoms with van der Waals surface area (Å²) in [6.07, 6.45) is 0.492. The second kappa shape index (κ2) is 13.6. The Morgan fingerprint density at radius 3 is 2.40 bits per heavy atom. The van der Waals surface area contributed by atoms with E-state index in [0.717, 1.165) is 6.07 Å². The summed E-state index contributed by atoms with van der Waals surface area (Å²) < 4.78 is 61.1. The number of halogens is 2. The molecule has 3 aromatic rings. The highest BCUT2D eigenvalue weighted by Gasteiger charge is 2.38. The van der Waals surface area contributed by atoms with Crippen molar-refractivity contribution in [3.05, 3.63) is 88.5 Å². The summed E-state index contributed by atoms with van der Waals surface area (Å²) in [4.78, 5) is 39.8. The Labute approximate surface area is 260 Å². The zero-order valence-corrected chi connectivity index (χ0v) is 26.2. The van der Waals surface area contributed by atoms with Gasteiger partial charge in [-0.15, -0.1) is 0 Å². The molecule has 10 nitrogen and oxygen atoms in total. The van der Waals surface area contributed by atoms with Gasteiger partial charge in [0.15, 0.2) is 9.84 Å². The molecule has 0 bridgehead atoms. The van der Waals surface area contributed by atoms with E-state index >= 15 is 4.39 Å². The number of carbonyl (C=O) groups is 3. The molecule has 45 heavy (non-hydrogen) atoms. The smallest absolute Gasteiger partial charge is 0.411 e. The number of carbonyl (C=O) groups excluding carboxylic acids is 3. The second-order valence-electron chi connectivity index (χ2n) is 11.0. The average Bonchev–Trinajstić information content (AvgIpc) is 3.50. The van der Waals surface area contributed by atoms with Gasteiger partial charge in [0.05, 0.1) is 29.0 Å². The molecule has 0 saturated carbocycles. The van der Waals surface area contributed by atoms with E-state index in [9.17, 15) is 27.2 Å². The van der Waals surface area contributed by atoms with Crippen LogP contribution in [-0.4, -0.2) is 50.1 Å². The predicted molar refractivity (Wildman–Crippen MR) is 166 cm³/mol. The van der Waals surface area contributed by atoms with Crippen LogP contribution < -0.4 is 16.4 Å². The quantitative estimate of drug-likeness (QED) is 0.264. The molecule has 240 valence electrons. The molecular weight excluding hydrogens is 606 g/mol. The molecule has 3 amide bonds. The number of rotatable bonds is 10. The number of hydrogen-bond donors (Lipinski definition) is 3. The maximum atomic E-state index is 15.0. The zero-order valence-electron chi connectivity index (χ0n) is 25.4. The number of nitrogens with two attached hydrogens (primary N) is 1. The number of aryl methyl sites for hydroxylation is 1. The summed E-state index contributed by atoms with van der Waals surface area (Å²) in [6.45, 7) is 5.09. The number of likely N-dealkylation sites (tertiary alicyclic amines) is 1. The van der Waals surface area contributed by atoms with Crippen LogP contribution in [0.3, 0.4) is 0 Å². The molecule has 0 aliphatic carbocycles. The fourth-order valence-corrected chi connectivity index (χ4v) is 6.65. The maximum absolute atomic E-state index is 15.0. The van der Waals surface area contributed by atoms with Crippen molar-refractivity contribution in [3.8, 4) is 0 Å². The largest absolute Gasteiger partial charge is 0.453 e. The molecule has 1 fully saturated rings. The number of methoxy groups -OCH3 is 1. The van der Waals surface area contributed by atoms with Gasteiger partial charge in [-0.2, -0.15) is 0 Å². The minimum atomic E-state index is -3.83. The standard InChI is InChI=1S/C32H36F2N4O6S/c1-5-19-15-20(8-11-24(19)33)29(37-26-16-21(30(35)39)9-12-25(26)34)31(40)38-14-6-7-27(38)23-17-22(36-32(41)44-4)10-13-28(23)45(42,43)18(2)3/h8-13,15-18,27,29,37H,5-7,14H2,1-4H3,(H2,35,39)(H,36,41)/t27?,29-/m1/s1. The molecule has 4 N–H and O–H groups in total. The lowest BCUT2D eigenvalue weighted by molar-refractivity contribution is -0.133. The van der Waals surface area contributed by atoms with E-state index in [1.54, 1.807) is 20.8 Å². The normalized spacial score (nSPS) is 15.5. The van der Waals surface area contributed by atoms with Crippen molar-refractivity contribution < 1.29 is 36.3 Å². The van der Waals surface area contributed by atoms with Crippen molar-refractivity contribution in [2.45, 2.75) is 62.3 Å². The third-order valence-corrected chi connectivity index (χ3v) is 10.1. The van der Waals surface area contributed by atoms with Crippen molar-refractivity contribution in [1.29, 1.82) is 0 Å². The van der Waals surface area contributed by atoms with Crippen LogP contribution in [0, 0.1) is 11.6 Å². The minimum Gasteiger partial charge on any atom is -0.453 e. The Bertz CT molecular complexity index is 1730. The Kier molecular flexibility index (Phi) is 10.1. The van der Waals surface area contributed by atoms with Gasteiger partial charge in [-0.25, -0.2) is 22.0 Å². The van der Waals surface area contributed by atoms with Crippen LogP contribution >= 0.6 is 0 Å². The molecule has 3 aromatic carbocycles. The number of hydrogen-bond acceptors (Lipinski definition) is 7.